The highest BCUT2D eigenvalue weighted by molar-refractivity contribution is 7.89. The van der Waals surface area contributed by atoms with E-state index in [1.165, 1.54) is 6.07 Å². The van der Waals surface area contributed by atoms with E-state index in [1.54, 1.807) is 12.1 Å². The number of hydrogen-bond donors (Lipinski definition) is 2. The third kappa shape index (κ3) is 3.59. The first kappa shape index (κ1) is 18.0. The fourth-order valence-corrected chi connectivity index (χ4v) is 4.66. The Kier molecular flexibility index (Phi) is 6.14. The fraction of sp³-hybridized carbons (Fsp3) is 0.500. The highest BCUT2D eigenvalue weighted by Gasteiger charge is 2.37. The molecule has 0 radical (unpaired) electrons. The molecule has 0 aromatic heterocycles. The molecule has 20 heavy (non-hydrogen) atoms. The minimum absolute atomic E-state index is 0. The van der Waals surface area contributed by atoms with E-state index in [0.717, 1.165) is 25.7 Å². The molecule has 0 unspecified atom stereocenters. The Labute approximate surface area is 135 Å². The zero-order valence-corrected chi connectivity index (χ0v) is 13.9. The molecule has 114 valence electrons. The van der Waals surface area contributed by atoms with Gasteiger partial charge in [-0.1, -0.05) is 42.1 Å². The van der Waals surface area contributed by atoms with Crippen molar-refractivity contribution in [2.45, 2.75) is 36.1 Å². The second kappa shape index (κ2) is 6.81. The molecule has 1 aliphatic rings. The summed E-state index contributed by atoms with van der Waals surface area (Å²) in [5, 5.41) is 0.264. The predicted octanol–water partition coefficient (Wildman–Crippen LogP) is 2.97. The third-order valence-electron chi connectivity index (χ3n) is 3.51. The summed E-state index contributed by atoms with van der Waals surface area (Å²) in [5.74, 6) is 0. The van der Waals surface area contributed by atoms with Gasteiger partial charge in [0.25, 0.3) is 0 Å². The summed E-state index contributed by atoms with van der Waals surface area (Å²) < 4.78 is 27.5. The van der Waals surface area contributed by atoms with Crippen LogP contribution in [0.4, 0.5) is 0 Å². The minimum Gasteiger partial charge on any atom is -0.329 e. The Morgan fingerprint density at radius 2 is 1.85 bits per heavy atom. The van der Waals surface area contributed by atoms with Gasteiger partial charge in [0, 0.05) is 12.1 Å². The molecule has 0 amide bonds. The summed E-state index contributed by atoms with van der Waals surface area (Å²) in [7, 11) is -3.71. The molecule has 0 atom stereocenters. The summed E-state index contributed by atoms with van der Waals surface area (Å²) in [4.78, 5) is 0.00129. The number of hydrogen-bond acceptors (Lipinski definition) is 3. The van der Waals surface area contributed by atoms with Crippen molar-refractivity contribution in [1.29, 1.82) is 0 Å². The molecule has 1 aromatic rings. The molecule has 0 saturated heterocycles. The maximum atomic E-state index is 12.4. The van der Waals surface area contributed by atoms with E-state index in [0.29, 0.717) is 0 Å². The van der Waals surface area contributed by atoms with Crippen molar-refractivity contribution in [1.82, 2.24) is 4.72 Å². The number of sulfonamides is 1. The average Bonchev–Trinajstić information content (AvgIpc) is 2.81. The quantitative estimate of drug-likeness (QED) is 0.868. The van der Waals surface area contributed by atoms with Gasteiger partial charge in [0.2, 0.25) is 10.0 Å². The lowest BCUT2D eigenvalue weighted by Crippen LogP contribution is -2.51. The van der Waals surface area contributed by atoms with Gasteiger partial charge >= 0.3 is 0 Å². The van der Waals surface area contributed by atoms with Crippen LogP contribution in [0.5, 0.6) is 0 Å². The van der Waals surface area contributed by atoms with Crippen molar-refractivity contribution >= 4 is 45.6 Å². The van der Waals surface area contributed by atoms with Crippen molar-refractivity contribution in [2.24, 2.45) is 5.73 Å². The fourth-order valence-electron chi connectivity index (χ4n) is 2.43. The Morgan fingerprint density at radius 3 is 2.40 bits per heavy atom. The van der Waals surface area contributed by atoms with Gasteiger partial charge in [-0.3, -0.25) is 0 Å². The topological polar surface area (TPSA) is 72.2 Å². The molecule has 0 heterocycles. The molecule has 0 spiro atoms. The predicted molar refractivity (Wildman–Crippen MR) is 84.3 cm³/mol. The van der Waals surface area contributed by atoms with E-state index in [2.05, 4.69) is 4.72 Å². The molecule has 4 nitrogen and oxygen atoms in total. The molecular formula is C12H17Cl3N2O2S. The van der Waals surface area contributed by atoms with Crippen LogP contribution < -0.4 is 10.5 Å². The van der Waals surface area contributed by atoms with E-state index in [4.69, 9.17) is 28.9 Å². The van der Waals surface area contributed by atoms with Crippen LogP contribution in [0, 0.1) is 0 Å². The number of halogens is 3. The smallest absolute Gasteiger partial charge is 0.242 e. The van der Waals surface area contributed by atoms with Gasteiger partial charge in [-0.15, -0.1) is 12.4 Å². The SMILES string of the molecule is Cl.NCC1(NS(=O)(=O)c2cccc(Cl)c2Cl)CCCC1. The van der Waals surface area contributed by atoms with E-state index in [1.807, 2.05) is 0 Å². The Balaban J connectivity index is 0.00000200. The van der Waals surface area contributed by atoms with Crippen molar-refractivity contribution in [3.63, 3.8) is 0 Å². The van der Waals surface area contributed by atoms with E-state index in [-0.39, 0.29) is 33.9 Å². The molecule has 1 aliphatic carbocycles. The first-order chi connectivity index (χ1) is 8.90. The Hall–Kier alpha value is -0.0400. The van der Waals surface area contributed by atoms with Crippen LogP contribution in [0.3, 0.4) is 0 Å². The van der Waals surface area contributed by atoms with Crippen molar-refractivity contribution in [3.8, 4) is 0 Å². The Bertz CT molecular complexity index is 572. The molecular weight excluding hydrogens is 343 g/mol. The lowest BCUT2D eigenvalue weighted by Gasteiger charge is -2.28. The van der Waals surface area contributed by atoms with Gasteiger partial charge in [0.1, 0.15) is 4.90 Å². The second-order valence-electron chi connectivity index (χ2n) is 4.85. The number of benzene rings is 1. The second-order valence-corrected chi connectivity index (χ2v) is 7.29. The van der Waals surface area contributed by atoms with Crippen LogP contribution in [0.2, 0.25) is 10.0 Å². The average molecular weight is 360 g/mol. The van der Waals surface area contributed by atoms with Gasteiger partial charge < -0.3 is 5.73 Å². The zero-order valence-electron chi connectivity index (χ0n) is 10.7. The van der Waals surface area contributed by atoms with Crippen LogP contribution in [-0.4, -0.2) is 20.5 Å². The summed E-state index contributed by atoms with van der Waals surface area (Å²) in [5.41, 5.74) is 5.18. The largest absolute Gasteiger partial charge is 0.329 e. The van der Waals surface area contributed by atoms with Crippen LogP contribution in [-0.2, 0) is 10.0 Å². The molecule has 0 bridgehead atoms. The van der Waals surface area contributed by atoms with Crippen LogP contribution in [0.25, 0.3) is 0 Å². The Morgan fingerprint density at radius 1 is 1.25 bits per heavy atom. The highest BCUT2D eigenvalue weighted by Crippen LogP contribution is 2.33. The summed E-state index contributed by atoms with van der Waals surface area (Å²) in [6, 6.07) is 4.55. The molecule has 8 heteroatoms. The zero-order chi connectivity index (χ0) is 14.1. The first-order valence-corrected chi connectivity index (χ1v) is 8.32. The lowest BCUT2D eigenvalue weighted by molar-refractivity contribution is 0.399. The summed E-state index contributed by atoms with van der Waals surface area (Å²) in [6.45, 7) is 0.282. The van der Waals surface area contributed by atoms with Crippen molar-refractivity contribution in [3.05, 3.63) is 28.2 Å². The summed E-state index contributed by atoms with van der Waals surface area (Å²) in [6.07, 6.45) is 3.45. The molecule has 1 fully saturated rings. The minimum atomic E-state index is -3.71. The van der Waals surface area contributed by atoms with E-state index >= 15 is 0 Å². The maximum absolute atomic E-state index is 12.4. The third-order valence-corrected chi connectivity index (χ3v) is 6.06. The number of nitrogens with two attached hydrogens (primary N) is 1. The van der Waals surface area contributed by atoms with Crippen molar-refractivity contribution < 1.29 is 8.42 Å². The van der Waals surface area contributed by atoms with Crippen LogP contribution in [0.15, 0.2) is 23.1 Å². The monoisotopic (exact) mass is 358 g/mol. The van der Waals surface area contributed by atoms with Gasteiger partial charge in [-0.2, -0.15) is 0 Å². The van der Waals surface area contributed by atoms with Gasteiger partial charge in [0.15, 0.2) is 0 Å². The standard InChI is InChI=1S/C12H16Cl2N2O2S.ClH/c13-9-4-3-5-10(11(9)14)19(17,18)16-12(8-15)6-1-2-7-12;/h3-5,16H,1-2,6-8,15H2;1H. The van der Waals surface area contributed by atoms with Crippen LogP contribution >= 0.6 is 35.6 Å². The molecule has 1 saturated carbocycles. The van der Waals surface area contributed by atoms with Gasteiger partial charge in [-0.25, -0.2) is 13.1 Å². The van der Waals surface area contributed by atoms with E-state index in [9.17, 15) is 8.42 Å². The number of rotatable bonds is 4. The molecule has 3 N–H and O–H groups in total. The molecule has 1 aromatic carbocycles. The normalized spacial score (nSPS) is 17.8. The first-order valence-electron chi connectivity index (χ1n) is 6.08. The van der Waals surface area contributed by atoms with Crippen molar-refractivity contribution in [2.75, 3.05) is 6.54 Å². The molecule has 0 aliphatic heterocycles. The molecule has 2 rings (SSSR count). The summed E-state index contributed by atoms with van der Waals surface area (Å²) >= 11 is 11.8. The van der Waals surface area contributed by atoms with Crippen LogP contribution in [0.1, 0.15) is 25.7 Å². The van der Waals surface area contributed by atoms with E-state index < -0.39 is 15.6 Å². The van der Waals surface area contributed by atoms with Gasteiger partial charge in [0.05, 0.1) is 10.0 Å². The maximum Gasteiger partial charge on any atom is 0.242 e. The van der Waals surface area contributed by atoms with Gasteiger partial charge in [-0.05, 0) is 25.0 Å². The number of nitrogens with one attached hydrogen (secondary N) is 1. The highest BCUT2D eigenvalue weighted by atomic mass is 35.5. The lowest BCUT2D eigenvalue weighted by atomic mass is 10.0.